The van der Waals surface area contributed by atoms with Crippen LogP contribution in [-0.2, 0) is 0 Å². The monoisotopic (exact) mass is 222 g/mol. The quantitative estimate of drug-likeness (QED) is 0.572. The zero-order valence-electron chi connectivity index (χ0n) is 9.80. The summed E-state index contributed by atoms with van der Waals surface area (Å²) in [5, 5.41) is 2.80. The van der Waals surface area contributed by atoms with Crippen LogP contribution in [0.2, 0.25) is 0 Å². The van der Waals surface area contributed by atoms with Crippen molar-refractivity contribution >= 4 is 11.7 Å². The van der Waals surface area contributed by atoms with Gasteiger partial charge in [0.25, 0.3) is 5.91 Å². The van der Waals surface area contributed by atoms with E-state index in [9.17, 15) is 9.59 Å². The Balaban J connectivity index is 2.43. The van der Waals surface area contributed by atoms with E-state index in [0.717, 1.165) is 19.3 Å². The molecule has 1 rings (SSSR count). The van der Waals surface area contributed by atoms with Crippen LogP contribution < -0.4 is 5.32 Å². The lowest BCUT2D eigenvalue weighted by molar-refractivity contribution is 0.0948. The van der Waals surface area contributed by atoms with Crippen molar-refractivity contribution in [2.75, 3.05) is 6.54 Å². The van der Waals surface area contributed by atoms with Crippen molar-refractivity contribution in [3.8, 4) is 0 Å². The van der Waals surface area contributed by atoms with E-state index in [0.29, 0.717) is 17.9 Å². The van der Waals surface area contributed by atoms with Gasteiger partial charge in [-0.15, -0.1) is 0 Å². The number of hydrogen-bond acceptors (Lipinski definition) is 2. The molecule has 0 aliphatic rings. The van der Waals surface area contributed by atoms with Gasteiger partial charge in [-0.1, -0.05) is 19.8 Å². The van der Waals surface area contributed by atoms with Crippen molar-refractivity contribution in [1.29, 1.82) is 0 Å². The summed E-state index contributed by atoms with van der Waals surface area (Å²) in [6.45, 7) is 4.27. The van der Waals surface area contributed by atoms with Gasteiger partial charge in [-0.05, 0) is 18.6 Å². The van der Waals surface area contributed by atoms with E-state index in [-0.39, 0.29) is 11.7 Å². The molecule has 1 amide bonds. The fourth-order valence-electron chi connectivity index (χ4n) is 1.41. The molecule has 1 heterocycles. The first-order valence-electron chi connectivity index (χ1n) is 5.63. The number of carbonyl (C=O) groups is 2. The number of rotatable bonds is 6. The van der Waals surface area contributed by atoms with Gasteiger partial charge < -0.3 is 10.3 Å². The SMILES string of the molecule is CCCCCNC(=O)c1ccc(C(C)=O)[nH]1. The third kappa shape index (κ3) is 3.53. The molecule has 88 valence electrons. The van der Waals surface area contributed by atoms with E-state index in [2.05, 4.69) is 17.2 Å². The molecule has 0 spiro atoms. The first-order chi connectivity index (χ1) is 7.65. The summed E-state index contributed by atoms with van der Waals surface area (Å²) >= 11 is 0. The van der Waals surface area contributed by atoms with Crippen molar-refractivity contribution in [3.63, 3.8) is 0 Å². The number of aromatic nitrogens is 1. The highest BCUT2D eigenvalue weighted by molar-refractivity contribution is 5.97. The number of Topliss-reactive ketones (excluding diaryl/α,β-unsaturated/α-hetero) is 1. The molecule has 1 aromatic rings. The third-order valence-corrected chi connectivity index (χ3v) is 2.38. The molecular weight excluding hydrogens is 204 g/mol. The van der Waals surface area contributed by atoms with E-state index < -0.39 is 0 Å². The molecule has 0 aliphatic heterocycles. The van der Waals surface area contributed by atoms with Crippen LogP contribution in [0.25, 0.3) is 0 Å². The number of ketones is 1. The summed E-state index contributed by atoms with van der Waals surface area (Å²) in [6.07, 6.45) is 3.24. The Hall–Kier alpha value is -1.58. The van der Waals surface area contributed by atoms with Gasteiger partial charge >= 0.3 is 0 Å². The predicted octanol–water partition coefficient (Wildman–Crippen LogP) is 2.14. The highest BCUT2D eigenvalue weighted by atomic mass is 16.2. The van der Waals surface area contributed by atoms with Crippen LogP contribution in [0.1, 0.15) is 54.1 Å². The molecule has 0 saturated carbocycles. The molecule has 4 nitrogen and oxygen atoms in total. The zero-order chi connectivity index (χ0) is 12.0. The lowest BCUT2D eigenvalue weighted by Gasteiger charge is -2.02. The van der Waals surface area contributed by atoms with Crippen molar-refractivity contribution in [2.24, 2.45) is 0 Å². The molecule has 0 radical (unpaired) electrons. The van der Waals surface area contributed by atoms with Crippen LogP contribution >= 0.6 is 0 Å². The van der Waals surface area contributed by atoms with Crippen LogP contribution in [0.15, 0.2) is 12.1 Å². The Morgan fingerprint density at radius 2 is 1.94 bits per heavy atom. The zero-order valence-corrected chi connectivity index (χ0v) is 9.80. The highest BCUT2D eigenvalue weighted by Gasteiger charge is 2.09. The van der Waals surface area contributed by atoms with E-state index >= 15 is 0 Å². The summed E-state index contributed by atoms with van der Waals surface area (Å²) in [7, 11) is 0. The maximum atomic E-state index is 11.6. The number of amides is 1. The summed E-state index contributed by atoms with van der Waals surface area (Å²) in [4.78, 5) is 25.4. The molecule has 0 aromatic carbocycles. The van der Waals surface area contributed by atoms with Crippen LogP contribution in [0.4, 0.5) is 0 Å². The normalized spacial score (nSPS) is 10.1. The molecule has 0 unspecified atom stereocenters. The first-order valence-corrected chi connectivity index (χ1v) is 5.63. The summed E-state index contributed by atoms with van der Waals surface area (Å²) in [5.74, 6) is -0.214. The summed E-state index contributed by atoms with van der Waals surface area (Å²) < 4.78 is 0. The van der Waals surface area contributed by atoms with Crippen LogP contribution in [0, 0.1) is 0 Å². The lowest BCUT2D eigenvalue weighted by Crippen LogP contribution is -2.24. The minimum Gasteiger partial charge on any atom is -0.351 e. The molecule has 0 fully saturated rings. The van der Waals surface area contributed by atoms with E-state index in [4.69, 9.17) is 0 Å². The van der Waals surface area contributed by atoms with Crippen LogP contribution in [-0.4, -0.2) is 23.2 Å². The predicted molar refractivity (Wildman–Crippen MR) is 62.7 cm³/mol. The minimum absolute atomic E-state index is 0.0648. The molecule has 16 heavy (non-hydrogen) atoms. The van der Waals surface area contributed by atoms with Gasteiger partial charge in [-0.3, -0.25) is 9.59 Å². The average molecular weight is 222 g/mol. The Labute approximate surface area is 95.4 Å². The Bertz CT molecular complexity index is 369. The van der Waals surface area contributed by atoms with Crippen molar-refractivity contribution in [1.82, 2.24) is 10.3 Å². The van der Waals surface area contributed by atoms with Crippen molar-refractivity contribution in [3.05, 3.63) is 23.5 Å². The third-order valence-electron chi connectivity index (χ3n) is 2.38. The van der Waals surface area contributed by atoms with Gasteiger partial charge in [0.1, 0.15) is 5.69 Å². The lowest BCUT2D eigenvalue weighted by atomic mass is 10.2. The molecule has 0 atom stereocenters. The van der Waals surface area contributed by atoms with E-state index in [1.165, 1.54) is 6.92 Å². The van der Waals surface area contributed by atoms with Gasteiger partial charge in [0.2, 0.25) is 0 Å². The molecule has 0 saturated heterocycles. The number of aromatic amines is 1. The fraction of sp³-hybridized carbons (Fsp3) is 0.500. The number of hydrogen-bond donors (Lipinski definition) is 2. The largest absolute Gasteiger partial charge is 0.351 e. The number of unbranched alkanes of at least 4 members (excludes halogenated alkanes) is 2. The highest BCUT2D eigenvalue weighted by Crippen LogP contribution is 2.02. The van der Waals surface area contributed by atoms with Crippen LogP contribution in [0.5, 0.6) is 0 Å². The van der Waals surface area contributed by atoms with Gasteiger partial charge in [0.05, 0.1) is 5.69 Å². The minimum atomic E-state index is -0.149. The van der Waals surface area contributed by atoms with E-state index in [1.54, 1.807) is 12.1 Å². The molecule has 1 aromatic heterocycles. The summed E-state index contributed by atoms with van der Waals surface area (Å²) in [6, 6.07) is 3.26. The molecule has 4 heteroatoms. The number of H-pyrrole nitrogens is 1. The summed E-state index contributed by atoms with van der Waals surface area (Å²) in [5.41, 5.74) is 0.917. The standard InChI is InChI=1S/C12H18N2O2/c1-3-4-5-8-13-12(16)11-7-6-10(14-11)9(2)15/h6-7,14H,3-5,8H2,1-2H3,(H,13,16). The second kappa shape index (κ2) is 6.10. The Morgan fingerprint density at radius 3 is 2.50 bits per heavy atom. The fourth-order valence-corrected chi connectivity index (χ4v) is 1.41. The maximum Gasteiger partial charge on any atom is 0.267 e. The Kier molecular flexibility index (Phi) is 4.76. The van der Waals surface area contributed by atoms with Gasteiger partial charge in [-0.25, -0.2) is 0 Å². The second-order valence-corrected chi connectivity index (χ2v) is 3.80. The first kappa shape index (κ1) is 12.5. The molecule has 2 N–H and O–H groups in total. The van der Waals surface area contributed by atoms with E-state index in [1.807, 2.05) is 0 Å². The molecule has 0 bridgehead atoms. The average Bonchev–Trinajstić information content (AvgIpc) is 2.73. The smallest absolute Gasteiger partial charge is 0.267 e. The number of carbonyl (C=O) groups excluding carboxylic acids is 2. The molecular formula is C12H18N2O2. The maximum absolute atomic E-state index is 11.6. The van der Waals surface area contributed by atoms with Gasteiger partial charge in [-0.2, -0.15) is 0 Å². The number of nitrogens with one attached hydrogen (secondary N) is 2. The van der Waals surface area contributed by atoms with Gasteiger partial charge in [0.15, 0.2) is 5.78 Å². The van der Waals surface area contributed by atoms with Crippen molar-refractivity contribution < 1.29 is 9.59 Å². The van der Waals surface area contributed by atoms with Crippen molar-refractivity contribution in [2.45, 2.75) is 33.1 Å². The molecule has 0 aliphatic carbocycles. The topological polar surface area (TPSA) is 62.0 Å². The second-order valence-electron chi connectivity index (χ2n) is 3.80. The van der Waals surface area contributed by atoms with Crippen LogP contribution in [0.3, 0.4) is 0 Å². The Morgan fingerprint density at radius 1 is 1.25 bits per heavy atom. The van der Waals surface area contributed by atoms with Gasteiger partial charge in [0, 0.05) is 13.5 Å².